The molecule has 0 saturated heterocycles. The van der Waals surface area contributed by atoms with Crippen LogP contribution in [-0.4, -0.2) is 27.0 Å². The number of aromatic nitrogens is 2. The summed E-state index contributed by atoms with van der Waals surface area (Å²) in [7, 11) is 1.72. The van der Waals surface area contributed by atoms with Crippen molar-refractivity contribution in [2.24, 2.45) is 12.1 Å². The molecule has 0 atom stereocenters. The number of nitrogens with zero attached hydrogens (tertiary/aromatic N) is 3. The molecule has 0 aliphatic heterocycles. The van der Waals surface area contributed by atoms with Crippen LogP contribution in [0.25, 0.3) is 0 Å². The summed E-state index contributed by atoms with van der Waals surface area (Å²) in [5.74, 6) is -0.315. The van der Waals surface area contributed by atoms with Gasteiger partial charge in [-0.2, -0.15) is 10.2 Å². The number of phenolic OH excluding ortho intramolecular Hbond substituents is 1. The van der Waals surface area contributed by atoms with Gasteiger partial charge >= 0.3 is 0 Å². The number of carbonyl (C=O) groups excluding carboxylic acids is 1. The minimum absolute atomic E-state index is 0.124. The van der Waals surface area contributed by atoms with Gasteiger partial charge < -0.3 is 5.11 Å². The number of hydrazone groups is 1. The van der Waals surface area contributed by atoms with E-state index in [0.717, 1.165) is 5.56 Å². The van der Waals surface area contributed by atoms with Crippen LogP contribution in [0, 0.1) is 0 Å². The molecule has 0 aliphatic carbocycles. The highest BCUT2D eigenvalue weighted by molar-refractivity contribution is 9.10. The molecule has 1 heterocycles. The normalized spacial score (nSPS) is 10.8. The van der Waals surface area contributed by atoms with Gasteiger partial charge in [-0.15, -0.1) is 6.58 Å². The number of benzene rings is 1. The molecule has 2 N–H and O–H groups in total. The van der Waals surface area contributed by atoms with Crippen molar-refractivity contribution in [1.29, 1.82) is 0 Å². The van der Waals surface area contributed by atoms with Gasteiger partial charge in [0.15, 0.2) is 5.69 Å². The maximum atomic E-state index is 11.9. The van der Waals surface area contributed by atoms with E-state index < -0.39 is 5.91 Å². The molecule has 0 aliphatic rings. The van der Waals surface area contributed by atoms with Crippen LogP contribution in [0.15, 0.2) is 46.6 Å². The van der Waals surface area contributed by atoms with Crippen molar-refractivity contribution in [1.82, 2.24) is 15.2 Å². The molecule has 7 heteroatoms. The number of rotatable bonds is 5. The van der Waals surface area contributed by atoms with Crippen molar-refractivity contribution in [2.45, 2.75) is 6.42 Å². The van der Waals surface area contributed by atoms with E-state index in [4.69, 9.17) is 0 Å². The van der Waals surface area contributed by atoms with Crippen LogP contribution < -0.4 is 5.43 Å². The number of phenols is 1. The molecule has 0 radical (unpaired) electrons. The van der Waals surface area contributed by atoms with Gasteiger partial charge in [-0.1, -0.05) is 18.2 Å². The van der Waals surface area contributed by atoms with Crippen LogP contribution in [0.4, 0.5) is 0 Å². The van der Waals surface area contributed by atoms with E-state index in [1.807, 2.05) is 0 Å². The van der Waals surface area contributed by atoms with Gasteiger partial charge in [0.2, 0.25) is 0 Å². The quantitative estimate of drug-likeness (QED) is 0.486. The Morgan fingerprint density at radius 3 is 3.00 bits per heavy atom. The summed E-state index contributed by atoms with van der Waals surface area (Å²) in [5.41, 5.74) is 3.88. The third kappa shape index (κ3) is 3.62. The average molecular weight is 363 g/mol. The Morgan fingerprint density at radius 1 is 1.59 bits per heavy atom. The first kappa shape index (κ1) is 16.0. The number of nitrogens with one attached hydrogen (secondary N) is 1. The second kappa shape index (κ2) is 7.04. The molecule has 0 fully saturated rings. The van der Waals surface area contributed by atoms with Crippen molar-refractivity contribution in [3.8, 4) is 5.75 Å². The summed E-state index contributed by atoms with van der Waals surface area (Å²) < 4.78 is 2.10. The number of carbonyl (C=O) groups is 1. The lowest BCUT2D eigenvalue weighted by Gasteiger charge is -2.04. The molecule has 114 valence electrons. The van der Waals surface area contributed by atoms with Crippen LogP contribution >= 0.6 is 15.9 Å². The number of aromatic hydroxyl groups is 1. The fourth-order valence-electron chi connectivity index (χ4n) is 1.86. The summed E-state index contributed by atoms with van der Waals surface area (Å²) in [5, 5.41) is 17.9. The van der Waals surface area contributed by atoms with E-state index in [1.165, 1.54) is 10.9 Å². The summed E-state index contributed by atoms with van der Waals surface area (Å²) in [6, 6.07) is 5.31. The molecule has 1 amide bonds. The number of halogens is 1. The van der Waals surface area contributed by atoms with Crippen LogP contribution in [0.3, 0.4) is 0 Å². The van der Waals surface area contributed by atoms with Gasteiger partial charge in [0.05, 0.1) is 10.7 Å². The van der Waals surface area contributed by atoms with E-state index in [1.54, 1.807) is 37.5 Å². The molecular formula is C15H15BrN4O2. The lowest BCUT2D eigenvalue weighted by Crippen LogP contribution is -2.19. The van der Waals surface area contributed by atoms with Crippen LogP contribution in [0.2, 0.25) is 0 Å². The van der Waals surface area contributed by atoms with E-state index in [-0.39, 0.29) is 11.4 Å². The number of allylic oxidation sites excluding steroid dienone is 1. The molecule has 2 rings (SSSR count). The molecular weight excluding hydrogens is 348 g/mol. The highest BCUT2D eigenvalue weighted by atomic mass is 79.9. The highest BCUT2D eigenvalue weighted by Gasteiger charge is 2.13. The van der Waals surface area contributed by atoms with Crippen LogP contribution in [0.5, 0.6) is 5.75 Å². The lowest BCUT2D eigenvalue weighted by molar-refractivity contribution is 0.0948. The van der Waals surface area contributed by atoms with E-state index >= 15 is 0 Å². The number of hydrogen-bond donors (Lipinski definition) is 2. The van der Waals surface area contributed by atoms with Crippen molar-refractivity contribution >= 4 is 28.1 Å². The molecule has 1 aromatic heterocycles. The van der Waals surface area contributed by atoms with Crippen molar-refractivity contribution in [2.75, 3.05) is 0 Å². The molecule has 22 heavy (non-hydrogen) atoms. The van der Waals surface area contributed by atoms with E-state index in [9.17, 15) is 9.90 Å². The second-order valence-corrected chi connectivity index (χ2v) is 5.40. The Hall–Kier alpha value is -2.41. The predicted octanol–water partition coefficient (Wildman–Crippen LogP) is 2.38. The second-order valence-electron chi connectivity index (χ2n) is 4.55. The topological polar surface area (TPSA) is 79.5 Å². The van der Waals surface area contributed by atoms with E-state index in [2.05, 4.69) is 38.1 Å². The average Bonchev–Trinajstić information content (AvgIpc) is 2.82. The zero-order valence-electron chi connectivity index (χ0n) is 12.0. The number of hydrogen-bond acceptors (Lipinski definition) is 4. The molecule has 0 unspecified atom stereocenters. The monoisotopic (exact) mass is 362 g/mol. The molecule has 0 saturated carbocycles. The third-order valence-electron chi connectivity index (χ3n) is 2.88. The summed E-state index contributed by atoms with van der Waals surface area (Å²) in [6.45, 7) is 3.64. The first-order chi connectivity index (χ1) is 10.5. The Labute approximate surface area is 136 Å². The van der Waals surface area contributed by atoms with Crippen molar-refractivity contribution < 1.29 is 9.90 Å². The fraction of sp³-hybridized carbons (Fsp3) is 0.133. The molecule has 0 bridgehead atoms. The molecule has 1 aromatic carbocycles. The number of aryl methyl sites for hydroxylation is 1. The molecule has 2 aromatic rings. The third-order valence-corrected chi connectivity index (χ3v) is 3.46. The Bertz CT molecular complexity index is 737. The molecule has 6 nitrogen and oxygen atoms in total. The zero-order valence-corrected chi connectivity index (χ0v) is 13.5. The van der Waals surface area contributed by atoms with Crippen molar-refractivity contribution in [3.63, 3.8) is 0 Å². The lowest BCUT2D eigenvalue weighted by atomic mass is 10.1. The van der Waals surface area contributed by atoms with Crippen LogP contribution in [0.1, 0.15) is 21.6 Å². The maximum Gasteiger partial charge on any atom is 0.293 e. The van der Waals surface area contributed by atoms with Gasteiger partial charge in [0, 0.05) is 18.8 Å². The summed E-state index contributed by atoms with van der Waals surface area (Å²) >= 11 is 3.25. The largest absolute Gasteiger partial charge is 0.507 e. The van der Waals surface area contributed by atoms with Gasteiger partial charge in [0.25, 0.3) is 5.91 Å². The van der Waals surface area contributed by atoms with Crippen LogP contribution in [-0.2, 0) is 13.5 Å². The Balaban J connectivity index is 2.10. The van der Waals surface area contributed by atoms with Gasteiger partial charge in [-0.25, -0.2) is 5.43 Å². The zero-order chi connectivity index (χ0) is 16.1. The van der Waals surface area contributed by atoms with Gasteiger partial charge in [-0.3, -0.25) is 9.48 Å². The number of amides is 1. The minimum atomic E-state index is -0.439. The Kier molecular flexibility index (Phi) is 5.11. The summed E-state index contributed by atoms with van der Waals surface area (Å²) in [4.78, 5) is 11.9. The summed E-state index contributed by atoms with van der Waals surface area (Å²) in [6.07, 6.45) is 5.32. The maximum absolute atomic E-state index is 11.9. The SMILES string of the molecule is C=CCc1cccc(C=NNC(=O)c2nn(C)cc2Br)c1O. The van der Waals surface area contributed by atoms with E-state index in [0.29, 0.717) is 16.5 Å². The highest BCUT2D eigenvalue weighted by Crippen LogP contribution is 2.21. The first-order valence-corrected chi connectivity index (χ1v) is 7.26. The van der Waals surface area contributed by atoms with Gasteiger partial charge in [0.1, 0.15) is 5.75 Å². The van der Waals surface area contributed by atoms with Gasteiger partial charge in [-0.05, 0) is 34.0 Å². The predicted molar refractivity (Wildman–Crippen MR) is 88.0 cm³/mol. The number of para-hydroxylation sites is 1. The first-order valence-electron chi connectivity index (χ1n) is 6.47. The fourth-order valence-corrected chi connectivity index (χ4v) is 2.42. The molecule has 0 spiro atoms. The van der Waals surface area contributed by atoms with Crippen molar-refractivity contribution in [3.05, 3.63) is 58.3 Å². The minimum Gasteiger partial charge on any atom is -0.507 e. The standard InChI is InChI=1S/C15H15BrN4O2/c1-3-5-10-6-4-7-11(14(10)21)8-17-18-15(22)13-12(16)9-20(2)19-13/h3-4,6-9,21H,1,5H2,2H3,(H,18,22). The Morgan fingerprint density at radius 2 is 2.36 bits per heavy atom. The smallest absolute Gasteiger partial charge is 0.293 e.